The van der Waals surface area contributed by atoms with Gasteiger partial charge in [0.05, 0.1) is 6.07 Å². The largest absolute Gasteiger partial charge is 0.433 e. The van der Waals surface area contributed by atoms with Gasteiger partial charge in [-0.15, -0.1) is 0 Å². The lowest BCUT2D eigenvalue weighted by Gasteiger charge is -2.02. The third-order valence-corrected chi connectivity index (χ3v) is 4.87. The van der Waals surface area contributed by atoms with Crippen LogP contribution in [0.3, 0.4) is 0 Å². The Kier molecular flexibility index (Phi) is 3.21. The van der Waals surface area contributed by atoms with Crippen molar-refractivity contribution in [1.29, 1.82) is 0 Å². The molecule has 0 unspecified atom stereocenters. The van der Waals surface area contributed by atoms with Crippen LogP contribution in [-0.4, -0.2) is 23.4 Å². The van der Waals surface area contributed by atoms with Gasteiger partial charge in [-0.05, 0) is 6.07 Å². The number of aryl methyl sites for hydroxylation is 1. The zero-order valence-corrected chi connectivity index (χ0v) is 14.1. The van der Waals surface area contributed by atoms with Gasteiger partial charge in [-0.3, -0.25) is 28.8 Å². The van der Waals surface area contributed by atoms with Crippen molar-refractivity contribution in [2.75, 3.05) is 0 Å². The topological polar surface area (TPSA) is 135 Å². The number of thiazole rings is 1. The number of nitro groups is 1. The molecule has 132 valence electrons. The Balaban J connectivity index is 2.06. The van der Waals surface area contributed by atoms with Crippen LogP contribution in [0.25, 0.3) is 22.2 Å². The molecule has 4 heterocycles. The highest BCUT2D eigenvalue weighted by molar-refractivity contribution is 7.15. The second kappa shape index (κ2) is 5.23. The lowest BCUT2D eigenvalue weighted by molar-refractivity contribution is -0.402. The second-order valence-electron chi connectivity index (χ2n) is 5.46. The Hall–Kier alpha value is -3.54. The Bertz CT molecular complexity index is 1450. The third-order valence-electron chi connectivity index (χ3n) is 3.90. The van der Waals surface area contributed by atoms with Gasteiger partial charge in [-0.25, -0.2) is 14.2 Å². The van der Waals surface area contributed by atoms with Gasteiger partial charge in [0, 0.05) is 20.2 Å². The summed E-state index contributed by atoms with van der Waals surface area (Å²) in [6.07, 6.45) is 1.35. The molecule has 12 heteroatoms. The number of rotatable bonds is 2. The molecule has 0 atom stereocenters. The van der Waals surface area contributed by atoms with E-state index in [4.69, 9.17) is 4.42 Å². The molecule has 0 saturated carbocycles. The first-order valence-electron chi connectivity index (χ1n) is 7.16. The monoisotopic (exact) mass is 375 g/mol. The Morgan fingerprint density at radius 2 is 1.92 bits per heavy atom. The van der Waals surface area contributed by atoms with E-state index in [0.717, 1.165) is 15.9 Å². The van der Waals surface area contributed by atoms with E-state index in [1.54, 1.807) is 0 Å². The van der Waals surface area contributed by atoms with Crippen molar-refractivity contribution in [3.8, 4) is 0 Å². The van der Waals surface area contributed by atoms with E-state index in [-0.39, 0.29) is 26.4 Å². The van der Waals surface area contributed by atoms with Crippen molar-refractivity contribution in [1.82, 2.24) is 18.5 Å². The summed E-state index contributed by atoms with van der Waals surface area (Å²) in [6, 6.07) is 2.54. The summed E-state index contributed by atoms with van der Waals surface area (Å²) < 4.78 is 8.48. The van der Waals surface area contributed by atoms with Gasteiger partial charge < -0.3 is 4.42 Å². The predicted octanol–water partition coefficient (Wildman–Crippen LogP) is -0.645. The van der Waals surface area contributed by atoms with E-state index in [9.17, 15) is 24.5 Å². The minimum Gasteiger partial charge on any atom is -0.401 e. The summed E-state index contributed by atoms with van der Waals surface area (Å²) in [4.78, 5) is 51.4. The Morgan fingerprint density at radius 3 is 2.58 bits per heavy atom. The average molecular weight is 375 g/mol. The molecule has 0 saturated heterocycles. The molecule has 0 N–H and O–H groups in total. The quantitative estimate of drug-likeness (QED) is 0.336. The van der Waals surface area contributed by atoms with Crippen LogP contribution in [0, 0.1) is 10.1 Å². The van der Waals surface area contributed by atoms with E-state index in [1.807, 2.05) is 0 Å². The van der Waals surface area contributed by atoms with E-state index in [0.29, 0.717) is 0 Å². The van der Waals surface area contributed by atoms with Gasteiger partial charge in [0.25, 0.3) is 11.1 Å². The predicted molar refractivity (Wildman–Crippen MR) is 91.5 cm³/mol. The molecule has 0 bridgehead atoms. The summed E-state index contributed by atoms with van der Waals surface area (Å²) in [6.45, 7) is 0. The van der Waals surface area contributed by atoms with Gasteiger partial charge >= 0.3 is 11.6 Å². The molecule has 11 nitrogen and oxygen atoms in total. The zero-order valence-electron chi connectivity index (χ0n) is 13.3. The maximum atomic E-state index is 12.7. The van der Waals surface area contributed by atoms with Crippen molar-refractivity contribution in [3.63, 3.8) is 0 Å². The fraction of sp³-hybridized carbons (Fsp3) is 0.143. The number of imidazole rings is 1. The highest BCUT2D eigenvalue weighted by atomic mass is 32.1. The molecular formula is C14H9N5O6S. The SMILES string of the molecule is Cn1c(=O)c2nc3s/c(=C\c4ccc([N+](=O)[O-])o4)c(=O)n3c2n(C)c1=O. The first kappa shape index (κ1) is 16.0. The summed E-state index contributed by atoms with van der Waals surface area (Å²) in [5.74, 6) is -0.311. The maximum Gasteiger partial charge on any atom is 0.433 e. The van der Waals surface area contributed by atoms with Crippen LogP contribution < -0.4 is 21.3 Å². The fourth-order valence-corrected chi connectivity index (χ4v) is 3.60. The van der Waals surface area contributed by atoms with Crippen LogP contribution >= 0.6 is 11.3 Å². The molecule has 0 spiro atoms. The molecule has 0 aliphatic carbocycles. The minimum absolute atomic E-state index is 0.0122. The van der Waals surface area contributed by atoms with Crippen LogP contribution in [-0.2, 0) is 14.1 Å². The van der Waals surface area contributed by atoms with Crippen molar-refractivity contribution >= 4 is 39.4 Å². The Labute approximate surface area is 145 Å². The number of aromatic nitrogens is 4. The molecule has 4 aromatic rings. The van der Waals surface area contributed by atoms with E-state index >= 15 is 0 Å². The number of hydrogen-bond acceptors (Lipinski definition) is 8. The van der Waals surface area contributed by atoms with Gasteiger partial charge in [0.1, 0.15) is 15.2 Å². The molecule has 26 heavy (non-hydrogen) atoms. The van der Waals surface area contributed by atoms with Crippen LogP contribution in [0.1, 0.15) is 5.76 Å². The van der Waals surface area contributed by atoms with Gasteiger partial charge in [0.15, 0.2) is 16.1 Å². The van der Waals surface area contributed by atoms with Gasteiger partial charge in [-0.2, -0.15) is 0 Å². The average Bonchev–Trinajstić information content (AvgIpc) is 3.28. The molecule has 0 amide bonds. The molecule has 0 aliphatic rings. The lowest BCUT2D eigenvalue weighted by Crippen LogP contribution is -2.38. The molecule has 0 fully saturated rings. The fourth-order valence-electron chi connectivity index (χ4n) is 2.65. The van der Waals surface area contributed by atoms with Crippen LogP contribution in [0.4, 0.5) is 5.88 Å². The normalized spacial score (nSPS) is 12.5. The van der Waals surface area contributed by atoms with Crippen LogP contribution in [0.15, 0.2) is 30.9 Å². The number of fused-ring (bicyclic) bond motifs is 3. The molecule has 4 aromatic heterocycles. The molecule has 0 aromatic carbocycles. The van der Waals surface area contributed by atoms with E-state index in [1.165, 1.54) is 41.3 Å². The zero-order chi connectivity index (χ0) is 18.7. The first-order chi connectivity index (χ1) is 12.3. The van der Waals surface area contributed by atoms with Crippen molar-refractivity contribution in [3.05, 3.63) is 63.7 Å². The summed E-state index contributed by atoms with van der Waals surface area (Å²) in [7, 11) is 2.77. The third kappa shape index (κ3) is 2.05. The van der Waals surface area contributed by atoms with Crippen molar-refractivity contribution in [2.45, 2.75) is 0 Å². The molecule has 4 rings (SSSR count). The van der Waals surface area contributed by atoms with Crippen LogP contribution in [0.5, 0.6) is 0 Å². The second-order valence-corrected chi connectivity index (χ2v) is 6.47. The van der Waals surface area contributed by atoms with Gasteiger partial charge in [-0.1, -0.05) is 11.3 Å². The highest BCUT2D eigenvalue weighted by Gasteiger charge is 2.19. The van der Waals surface area contributed by atoms with Crippen molar-refractivity contribution < 1.29 is 9.34 Å². The Morgan fingerprint density at radius 1 is 1.19 bits per heavy atom. The standard InChI is InChI=1S/C14H9N5O6S/c1-16-10-9(12(21)17(2)14(16)22)15-13-18(10)11(20)7(26-13)5-6-3-4-8(25-6)19(23)24/h3-5H,1-2H3/b7-5-. The highest BCUT2D eigenvalue weighted by Crippen LogP contribution is 2.16. The smallest absolute Gasteiger partial charge is 0.401 e. The molecule has 0 radical (unpaired) electrons. The summed E-state index contributed by atoms with van der Waals surface area (Å²) >= 11 is 0.982. The summed E-state index contributed by atoms with van der Waals surface area (Å²) in [5.41, 5.74) is -1.57. The number of furan rings is 1. The minimum atomic E-state index is -0.685. The summed E-state index contributed by atoms with van der Waals surface area (Å²) in [5, 5.41) is 10.7. The molecule has 0 aliphatic heterocycles. The first-order valence-corrected chi connectivity index (χ1v) is 7.98. The molecular weight excluding hydrogens is 366 g/mol. The number of nitrogens with zero attached hydrogens (tertiary/aromatic N) is 5. The van der Waals surface area contributed by atoms with Gasteiger partial charge in [0.2, 0.25) is 0 Å². The van der Waals surface area contributed by atoms with Crippen LogP contribution in [0.2, 0.25) is 0 Å². The van der Waals surface area contributed by atoms with E-state index < -0.39 is 27.6 Å². The number of hydrogen-bond donors (Lipinski definition) is 0. The van der Waals surface area contributed by atoms with E-state index in [2.05, 4.69) is 4.98 Å². The maximum absolute atomic E-state index is 12.7. The van der Waals surface area contributed by atoms with Crippen molar-refractivity contribution in [2.24, 2.45) is 14.1 Å². The lowest BCUT2D eigenvalue weighted by atomic mass is 10.4.